The van der Waals surface area contributed by atoms with Crippen LogP contribution < -0.4 is 20.1 Å². The Bertz CT molecular complexity index is 2130. The van der Waals surface area contributed by atoms with E-state index in [4.69, 9.17) is 14.5 Å². The normalized spacial score (nSPS) is 32.0. The number of halogens is 2. The quantitative estimate of drug-likeness (QED) is 0.340. The topological polar surface area (TPSA) is 173 Å². The molecule has 308 valence electrons. The molecule has 6 atom stereocenters. The molecule has 57 heavy (non-hydrogen) atoms. The summed E-state index contributed by atoms with van der Waals surface area (Å²) in [6.45, 7) is 3.42. The molecule has 2 aromatic rings. The van der Waals surface area contributed by atoms with Gasteiger partial charge in [-0.1, -0.05) is 43.2 Å². The molecule has 16 heteroatoms. The summed E-state index contributed by atoms with van der Waals surface area (Å²) in [5.41, 5.74) is -0.151. The number of alkyl halides is 2. The molecule has 0 radical (unpaired) electrons. The van der Waals surface area contributed by atoms with Gasteiger partial charge in [0.05, 0.1) is 22.5 Å². The highest BCUT2D eigenvalue weighted by Crippen LogP contribution is 2.47. The van der Waals surface area contributed by atoms with Crippen LogP contribution in [0.4, 0.5) is 13.6 Å². The van der Waals surface area contributed by atoms with Gasteiger partial charge in [0.15, 0.2) is 0 Å². The van der Waals surface area contributed by atoms with Gasteiger partial charge in [-0.25, -0.2) is 27.0 Å². The number of carbonyl (C=O) groups is 4. The number of alkyl carbamates (subject to hydrolysis) is 1. The number of amides is 4. The van der Waals surface area contributed by atoms with Crippen molar-refractivity contribution < 1.29 is 45.9 Å². The average molecular weight is 812 g/mol. The Morgan fingerprint density at radius 2 is 1.81 bits per heavy atom. The molecular weight excluding hydrogens is 761 g/mol. The second kappa shape index (κ2) is 14.5. The lowest BCUT2D eigenvalue weighted by molar-refractivity contribution is -0.144. The minimum atomic E-state index is -4.04. The minimum absolute atomic E-state index is 0.00266. The third-order valence-electron chi connectivity index (χ3n) is 13.3. The van der Waals surface area contributed by atoms with Crippen molar-refractivity contribution in [2.24, 2.45) is 5.92 Å². The maximum atomic E-state index is 14.8. The number of carbonyl (C=O) groups excluding carboxylic acids is 4. The van der Waals surface area contributed by atoms with Crippen LogP contribution in [0, 0.1) is 12.8 Å². The van der Waals surface area contributed by atoms with Crippen molar-refractivity contribution in [2.45, 2.75) is 150 Å². The van der Waals surface area contributed by atoms with Crippen molar-refractivity contribution in [3.63, 3.8) is 0 Å². The van der Waals surface area contributed by atoms with Crippen LogP contribution in [0.2, 0.25) is 0 Å². The molecular formula is C41H51F2N5O8S. The van der Waals surface area contributed by atoms with Crippen LogP contribution in [0.1, 0.15) is 108 Å². The number of hydrogen-bond donors (Lipinski definition) is 3. The van der Waals surface area contributed by atoms with E-state index in [0.717, 1.165) is 22.9 Å². The Kier molecular flexibility index (Phi) is 10.0. The first kappa shape index (κ1) is 39.5. The van der Waals surface area contributed by atoms with Crippen LogP contribution in [-0.2, 0) is 35.6 Å². The smallest absolute Gasteiger partial charge is 0.408 e. The molecule has 4 amide bonds. The van der Waals surface area contributed by atoms with Crippen LogP contribution in [0.15, 0.2) is 36.4 Å². The number of rotatable bonds is 5. The summed E-state index contributed by atoms with van der Waals surface area (Å²) in [5, 5.41) is 6.56. The van der Waals surface area contributed by atoms with E-state index < -0.39 is 92.6 Å². The Morgan fingerprint density at radius 3 is 2.53 bits per heavy atom. The molecule has 1 spiro atoms. The van der Waals surface area contributed by atoms with Crippen LogP contribution in [0.5, 0.6) is 5.75 Å². The predicted molar refractivity (Wildman–Crippen MR) is 205 cm³/mol. The molecule has 3 N–H and O–H groups in total. The number of pyridine rings is 1. The highest BCUT2D eigenvalue weighted by atomic mass is 32.2. The zero-order valence-corrected chi connectivity index (χ0v) is 33.2. The second-order valence-corrected chi connectivity index (χ2v) is 19.6. The third kappa shape index (κ3) is 7.46. The Hall–Kier alpha value is -4.34. The van der Waals surface area contributed by atoms with E-state index in [0.29, 0.717) is 62.8 Å². The van der Waals surface area contributed by atoms with E-state index >= 15 is 0 Å². The second-order valence-electron chi connectivity index (χ2n) is 17.4. The highest BCUT2D eigenvalue weighted by molar-refractivity contribution is 7.91. The summed E-state index contributed by atoms with van der Waals surface area (Å²) in [6, 6.07) is 5.45. The molecule has 1 aromatic heterocycles. The van der Waals surface area contributed by atoms with Gasteiger partial charge in [0, 0.05) is 36.1 Å². The van der Waals surface area contributed by atoms with Crippen LogP contribution >= 0.6 is 0 Å². The average Bonchev–Trinajstić information content (AvgIpc) is 3.69. The standard InChI is InChI=1S/C41H51F2N5O8S/c1-25-33-29(28-11-8-9-12-30(28)44-25)16-17-39(56-33)23-32-34(49)46-41(36(51)47-57(53,54)38(2)20-21-38)19-14-26(41)10-6-4-3-5-7-13-31(35(50)48(32)24-39)45-37(52)55-27-15-18-40(42,43)22-27/h6,8-12,26-27,31-32H,3-5,7,13-24H2,1-2H3,(H,45,52)(H,46,49)(H,47,51). The van der Waals surface area contributed by atoms with Crippen molar-refractivity contribution >= 4 is 44.7 Å². The molecule has 13 nitrogen and oxygen atoms in total. The van der Waals surface area contributed by atoms with Gasteiger partial charge in [-0.3, -0.25) is 19.1 Å². The number of ether oxygens (including phenoxy) is 2. The predicted octanol–water partition coefficient (Wildman–Crippen LogP) is 5.27. The molecule has 4 fully saturated rings. The number of nitrogens with one attached hydrogen (secondary N) is 3. The van der Waals surface area contributed by atoms with E-state index in [1.807, 2.05) is 43.3 Å². The first-order chi connectivity index (χ1) is 27.0. The minimum Gasteiger partial charge on any atom is -0.483 e. The fourth-order valence-corrected chi connectivity index (χ4v) is 10.7. The van der Waals surface area contributed by atoms with Crippen molar-refractivity contribution in [3.8, 4) is 5.75 Å². The van der Waals surface area contributed by atoms with Gasteiger partial charge in [0.2, 0.25) is 21.8 Å². The van der Waals surface area contributed by atoms with E-state index in [1.54, 1.807) is 6.92 Å². The van der Waals surface area contributed by atoms with Gasteiger partial charge in [-0.05, 0) is 84.1 Å². The van der Waals surface area contributed by atoms with Gasteiger partial charge in [-0.2, -0.15) is 0 Å². The van der Waals surface area contributed by atoms with Crippen molar-refractivity contribution in [3.05, 3.63) is 47.7 Å². The van der Waals surface area contributed by atoms with Crippen LogP contribution in [0.3, 0.4) is 0 Å². The van der Waals surface area contributed by atoms with Crippen molar-refractivity contribution in [1.82, 2.24) is 25.2 Å². The lowest BCUT2D eigenvalue weighted by Crippen LogP contribution is -2.70. The molecule has 6 aliphatic rings. The van der Waals surface area contributed by atoms with Crippen molar-refractivity contribution in [2.75, 3.05) is 6.54 Å². The molecule has 1 saturated heterocycles. The van der Waals surface area contributed by atoms with Gasteiger partial charge < -0.3 is 25.0 Å². The first-order valence-corrected chi connectivity index (χ1v) is 21.8. The van der Waals surface area contributed by atoms with Gasteiger partial charge in [-0.15, -0.1) is 0 Å². The van der Waals surface area contributed by atoms with E-state index in [-0.39, 0.29) is 32.2 Å². The molecule has 3 saturated carbocycles. The number of sulfonamides is 1. The van der Waals surface area contributed by atoms with Crippen LogP contribution in [0.25, 0.3) is 10.9 Å². The Morgan fingerprint density at radius 1 is 1.02 bits per heavy atom. The fraction of sp³-hybridized carbons (Fsp3) is 0.634. The lowest BCUT2D eigenvalue weighted by atomic mass is 9.65. The number of fused-ring (bicyclic) bond motifs is 5. The van der Waals surface area contributed by atoms with Gasteiger partial charge in [0.25, 0.3) is 11.8 Å². The molecule has 8 rings (SSSR count). The van der Waals surface area contributed by atoms with Crippen LogP contribution in [-0.4, -0.2) is 88.7 Å². The molecule has 4 heterocycles. The van der Waals surface area contributed by atoms with Crippen molar-refractivity contribution in [1.29, 1.82) is 0 Å². The summed E-state index contributed by atoms with van der Waals surface area (Å²) in [5.74, 6) is -4.85. The number of nitrogens with zero attached hydrogens (tertiary/aromatic N) is 2. The number of aryl methyl sites for hydroxylation is 2. The number of benzene rings is 1. The number of aromatic nitrogens is 1. The lowest BCUT2D eigenvalue weighted by Gasteiger charge is -2.48. The summed E-state index contributed by atoms with van der Waals surface area (Å²) < 4.78 is 68.0. The molecule has 3 aliphatic heterocycles. The third-order valence-corrected chi connectivity index (χ3v) is 15.4. The molecule has 3 aliphatic carbocycles. The Labute approximate surface area is 331 Å². The molecule has 0 bridgehead atoms. The number of para-hydroxylation sites is 1. The fourth-order valence-electron chi connectivity index (χ4n) is 9.35. The highest BCUT2D eigenvalue weighted by Gasteiger charge is 2.59. The number of hydrogen-bond acceptors (Lipinski definition) is 9. The SMILES string of the molecule is Cc1nc2ccccc2c2c1OC1(CC2)CC2C(=O)NC3(C(=O)NS(=O)(=O)C4(C)CC4)CCC3C=CCCCCCC(NC(=O)OC3CCC(F)(F)C3)C(=O)N2C1. The molecule has 6 unspecified atom stereocenters. The first-order valence-electron chi connectivity index (χ1n) is 20.3. The maximum Gasteiger partial charge on any atom is 0.408 e. The monoisotopic (exact) mass is 811 g/mol. The van der Waals surface area contributed by atoms with E-state index in [1.165, 1.54) is 4.90 Å². The van der Waals surface area contributed by atoms with Gasteiger partial charge >= 0.3 is 6.09 Å². The van der Waals surface area contributed by atoms with Gasteiger partial charge in [0.1, 0.15) is 35.1 Å². The Balaban J connectivity index is 1.12. The largest absolute Gasteiger partial charge is 0.483 e. The summed E-state index contributed by atoms with van der Waals surface area (Å²) in [7, 11) is -4.04. The number of allylic oxidation sites excluding steroid dienone is 1. The summed E-state index contributed by atoms with van der Waals surface area (Å²) >= 11 is 0. The van der Waals surface area contributed by atoms with E-state index in [9.17, 15) is 36.4 Å². The van der Waals surface area contributed by atoms with E-state index in [2.05, 4.69) is 15.4 Å². The summed E-state index contributed by atoms with van der Waals surface area (Å²) in [6.07, 6.45) is 6.31. The zero-order valence-electron chi connectivity index (χ0n) is 32.4. The maximum absolute atomic E-state index is 14.8. The molecule has 1 aromatic carbocycles. The summed E-state index contributed by atoms with van der Waals surface area (Å²) in [4.78, 5) is 63.1. The zero-order chi connectivity index (χ0) is 40.4.